The smallest absolute Gasteiger partial charge is 0.266 e. The highest BCUT2D eigenvalue weighted by Crippen LogP contribution is 2.35. The van der Waals surface area contributed by atoms with Crippen LogP contribution in [-0.2, 0) is 4.79 Å². The molecule has 156 valence electrons. The lowest BCUT2D eigenvalue weighted by Gasteiger charge is -2.10. The Morgan fingerprint density at radius 2 is 1.87 bits per heavy atom. The molecular formula is C24H21N3O4. The molecule has 0 fully saturated rings. The number of nitrogens with zero attached hydrogens (tertiary/aromatic N) is 2. The molecule has 31 heavy (non-hydrogen) atoms. The van der Waals surface area contributed by atoms with Gasteiger partial charge in [0, 0.05) is 28.8 Å². The monoisotopic (exact) mass is 415 g/mol. The fraction of sp³-hybridized carbons (Fsp3) is 0.167. The molecule has 7 nitrogen and oxygen atoms in total. The van der Waals surface area contributed by atoms with Crippen molar-refractivity contribution in [2.75, 3.05) is 19.2 Å². The Bertz CT molecular complexity index is 1220. The van der Waals surface area contributed by atoms with Gasteiger partial charge in [0.25, 0.3) is 5.91 Å². The highest BCUT2D eigenvalue weighted by Gasteiger charge is 2.17. The van der Waals surface area contributed by atoms with Crippen molar-refractivity contribution in [1.29, 1.82) is 5.26 Å². The normalized spacial score (nSPS) is 12.4. The van der Waals surface area contributed by atoms with Gasteiger partial charge in [0.1, 0.15) is 17.4 Å². The van der Waals surface area contributed by atoms with Crippen molar-refractivity contribution in [1.82, 2.24) is 4.57 Å². The molecule has 0 atom stereocenters. The number of nitriles is 1. The Labute approximate surface area is 180 Å². The zero-order chi connectivity index (χ0) is 22.0. The first-order valence-corrected chi connectivity index (χ1v) is 9.66. The van der Waals surface area contributed by atoms with Crippen molar-refractivity contribution >= 4 is 17.7 Å². The minimum Gasteiger partial charge on any atom is -0.497 e. The maximum Gasteiger partial charge on any atom is 0.266 e. The van der Waals surface area contributed by atoms with Gasteiger partial charge in [-0.05, 0) is 68.0 Å². The highest BCUT2D eigenvalue weighted by molar-refractivity contribution is 6.09. The van der Waals surface area contributed by atoms with E-state index in [4.69, 9.17) is 14.2 Å². The third-order valence-electron chi connectivity index (χ3n) is 5.10. The number of carbonyl (C=O) groups is 1. The standard InChI is InChI=1S/C24H21N3O4/c1-15-10-17(16(2)27(15)20-6-9-22-23(12-20)31-14-30-22)11-18(13-25)24(28)26-19-4-7-21(29-3)8-5-19/h4-12H,14H2,1-3H3,(H,26,28)/b18-11-. The minimum atomic E-state index is -0.472. The lowest BCUT2D eigenvalue weighted by Crippen LogP contribution is -2.13. The maximum atomic E-state index is 12.6. The van der Waals surface area contributed by atoms with Crippen LogP contribution >= 0.6 is 0 Å². The van der Waals surface area contributed by atoms with Gasteiger partial charge >= 0.3 is 0 Å². The molecule has 2 heterocycles. The van der Waals surface area contributed by atoms with Crippen LogP contribution in [0.25, 0.3) is 11.8 Å². The van der Waals surface area contributed by atoms with Crippen LogP contribution in [0.5, 0.6) is 17.2 Å². The molecule has 3 aromatic rings. The number of hydrogen-bond acceptors (Lipinski definition) is 5. The van der Waals surface area contributed by atoms with Gasteiger partial charge in [0.2, 0.25) is 6.79 Å². The maximum absolute atomic E-state index is 12.6. The van der Waals surface area contributed by atoms with E-state index in [1.807, 2.05) is 48.7 Å². The number of methoxy groups -OCH3 is 1. The molecule has 1 N–H and O–H groups in total. The lowest BCUT2D eigenvalue weighted by molar-refractivity contribution is -0.112. The summed E-state index contributed by atoms with van der Waals surface area (Å²) < 4.78 is 18.0. The van der Waals surface area contributed by atoms with Gasteiger partial charge in [-0.2, -0.15) is 5.26 Å². The molecule has 1 aliphatic rings. The number of ether oxygens (including phenoxy) is 3. The third kappa shape index (κ3) is 3.96. The van der Waals surface area contributed by atoms with E-state index in [1.54, 1.807) is 37.5 Å². The predicted molar refractivity (Wildman–Crippen MR) is 117 cm³/mol. The van der Waals surface area contributed by atoms with E-state index in [0.29, 0.717) is 22.9 Å². The Hall–Kier alpha value is -4.18. The van der Waals surface area contributed by atoms with Crippen molar-refractivity contribution in [2.24, 2.45) is 0 Å². The van der Waals surface area contributed by atoms with Crippen LogP contribution in [0.1, 0.15) is 17.0 Å². The molecule has 0 spiro atoms. The number of anilines is 1. The van der Waals surface area contributed by atoms with E-state index >= 15 is 0 Å². The molecule has 2 aromatic carbocycles. The molecule has 0 aliphatic carbocycles. The summed E-state index contributed by atoms with van der Waals surface area (Å²) in [5.74, 6) is 1.62. The van der Waals surface area contributed by atoms with E-state index < -0.39 is 5.91 Å². The van der Waals surface area contributed by atoms with Crippen LogP contribution in [0.2, 0.25) is 0 Å². The number of rotatable bonds is 5. The molecule has 1 amide bonds. The van der Waals surface area contributed by atoms with Gasteiger partial charge in [-0.3, -0.25) is 4.79 Å². The fourth-order valence-corrected chi connectivity index (χ4v) is 3.53. The second-order valence-electron chi connectivity index (χ2n) is 7.05. The summed E-state index contributed by atoms with van der Waals surface area (Å²) >= 11 is 0. The lowest BCUT2D eigenvalue weighted by atomic mass is 10.1. The average molecular weight is 415 g/mol. The van der Waals surface area contributed by atoms with E-state index in [9.17, 15) is 10.1 Å². The first-order chi connectivity index (χ1) is 15.0. The second kappa shape index (κ2) is 8.28. The van der Waals surface area contributed by atoms with Crippen LogP contribution in [0.3, 0.4) is 0 Å². The summed E-state index contributed by atoms with van der Waals surface area (Å²) in [6.07, 6.45) is 1.60. The van der Waals surface area contributed by atoms with Crippen molar-refractivity contribution in [2.45, 2.75) is 13.8 Å². The SMILES string of the molecule is COc1ccc(NC(=O)/C(C#N)=C\c2cc(C)n(-c3ccc4c(c3)OCO4)c2C)cc1. The molecule has 0 saturated carbocycles. The highest BCUT2D eigenvalue weighted by atomic mass is 16.7. The van der Waals surface area contributed by atoms with Gasteiger partial charge < -0.3 is 24.1 Å². The Kier molecular flexibility index (Phi) is 5.37. The van der Waals surface area contributed by atoms with Crippen LogP contribution in [-0.4, -0.2) is 24.4 Å². The molecule has 1 aliphatic heterocycles. The van der Waals surface area contributed by atoms with Crippen LogP contribution < -0.4 is 19.5 Å². The number of amides is 1. The minimum absolute atomic E-state index is 0.0155. The predicted octanol–water partition coefficient (Wildman–Crippen LogP) is 4.38. The third-order valence-corrected chi connectivity index (χ3v) is 5.10. The van der Waals surface area contributed by atoms with Crippen molar-refractivity contribution in [3.05, 3.63) is 71.1 Å². The van der Waals surface area contributed by atoms with Crippen molar-refractivity contribution in [3.63, 3.8) is 0 Å². The summed E-state index contributed by atoms with van der Waals surface area (Å²) in [4.78, 5) is 12.6. The summed E-state index contributed by atoms with van der Waals surface area (Å²) in [5.41, 5.74) is 4.17. The molecule has 7 heteroatoms. The zero-order valence-electron chi connectivity index (χ0n) is 17.4. The number of benzene rings is 2. The summed E-state index contributed by atoms with van der Waals surface area (Å²) in [5, 5.41) is 12.3. The number of carbonyl (C=O) groups excluding carboxylic acids is 1. The average Bonchev–Trinajstić information content (AvgIpc) is 3.35. The first kappa shape index (κ1) is 20.1. The number of aryl methyl sites for hydroxylation is 1. The van der Waals surface area contributed by atoms with E-state index in [-0.39, 0.29) is 12.4 Å². The Morgan fingerprint density at radius 1 is 1.13 bits per heavy atom. The first-order valence-electron chi connectivity index (χ1n) is 9.66. The molecule has 4 rings (SSSR count). The van der Waals surface area contributed by atoms with Crippen LogP contribution in [0.15, 0.2) is 54.1 Å². The van der Waals surface area contributed by atoms with Gasteiger partial charge in [-0.25, -0.2) is 0 Å². The van der Waals surface area contributed by atoms with Gasteiger partial charge in [-0.1, -0.05) is 0 Å². The molecule has 0 unspecified atom stereocenters. The number of hydrogen-bond donors (Lipinski definition) is 1. The molecule has 0 radical (unpaired) electrons. The van der Waals surface area contributed by atoms with Crippen molar-refractivity contribution in [3.8, 4) is 29.0 Å². The molecule has 0 bridgehead atoms. The Balaban J connectivity index is 1.61. The number of fused-ring (bicyclic) bond motifs is 1. The summed E-state index contributed by atoms with van der Waals surface area (Å²) in [6, 6.07) is 16.6. The van der Waals surface area contributed by atoms with E-state index in [2.05, 4.69) is 5.32 Å². The fourth-order valence-electron chi connectivity index (χ4n) is 3.53. The van der Waals surface area contributed by atoms with Crippen LogP contribution in [0.4, 0.5) is 5.69 Å². The largest absolute Gasteiger partial charge is 0.497 e. The van der Waals surface area contributed by atoms with E-state index in [0.717, 1.165) is 22.6 Å². The van der Waals surface area contributed by atoms with Gasteiger partial charge in [0.15, 0.2) is 11.5 Å². The molecule has 1 aromatic heterocycles. The van der Waals surface area contributed by atoms with Gasteiger partial charge in [-0.15, -0.1) is 0 Å². The topological polar surface area (TPSA) is 85.5 Å². The number of aromatic nitrogens is 1. The molecular weight excluding hydrogens is 394 g/mol. The summed E-state index contributed by atoms with van der Waals surface area (Å²) in [6.45, 7) is 4.13. The van der Waals surface area contributed by atoms with Gasteiger partial charge in [0.05, 0.1) is 7.11 Å². The summed E-state index contributed by atoms with van der Waals surface area (Å²) in [7, 11) is 1.57. The second-order valence-corrected chi connectivity index (χ2v) is 7.05. The quantitative estimate of drug-likeness (QED) is 0.494. The molecule has 0 saturated heterocycles. The number of nitrogens with one attached hydrogen (secondary N) is 1. The Morgan fingerprint density at radius 3 is 2.58 bits per heavy atom. The zero-order valence-corrected chi connectivity index (χ0v) is 17.4. The van der Waals surface area contributed by atoms with Crippen LogP contribution in [0, 0.1) is 25.2 Å². The van der Waals surface area contributed by atoms with Crippen molar-refractivity contribution < 1.29 is 19.0 Å². The van der Waals surface area contributed by atoms with E-state index in [1.165, 1.54) is 0 Å².